The third kappa shape index (κ3) is 1.88. The smallest absolute Gasteiger partial charge is 0.0440 e. The third-order valence-corrected chi connectivity index (χ3v) is 3.36. The molecule has 1 atom stereocenters. The van der Waals surface area contributed by atoms with E-state index in [0.717, 1.165) is 17.4 Å². The first-order valence-corrected chi connectivity index (χ1v) is 5.41. The lowest BCUT2D eigenvalue weighted by molar-refractivity contribution is 0.510. The summed E-state index contributed by atoms with van der Waals surface area (Å²) in [6, 6.07) is 6.30. The summed E-state index contributed by atoms with van der Waals surface area (Å²) in [4.78, 5) is 0. The fourth-order valence-electron chi connectivity index (χ4n) is 2.05. The lowest BCUT2D eigenvalue weighted by Crippen LogP contribution is -1.92. The average Bonchev–Trinajstić information content (AvgIpc) is 2.30. The number of fused-ring (bicyclic) bond motifs is 1. The minimum Gasteiger partial charge on any atom is -0.0840 e. The normalized spacial score (nSPS) is 22.2. The van der Waals surface area contributed by atoms with Crippen LogP contribution in [0.25, 0.3) is 0 Å². The van der Waals surface area contributed by atoms with E-state index in [9.17, 15) is 0 Å². The highest BCUT2D eigenvalue weighted by Crippen LogP contribution is 2.28. The van der Waals surface area contributed by atoms with Gasteiger partial charge < -0.3 is 0 Å². The molecule has 0 amide bonds. The van der Waals surface area contributed by atoms with Crippen LogP contribution in [-0.2, 0) is 12.8 Å². The molecular formula is C12H15Cl. The second-order valence-electron chi connectivity index (χ2n) is 4.06. The number of halogens is 1. The molecule has 13 heavy (non-hydrogen) atoms. The summed E-state index contributed by atoms with van der Waals surface area (Å²) >= 11 is 6.16. The molecule has 0 spiro atoms. The van der Waals surface area contributed by atoms with E-state index in [1.807, 2.05) is 6.07 Å². The fraction of sp³-hybridized carbons (Fsp3) is 0.500. The lowest BCUT2D eigenvalue weighted by atomic mass is 10.0. The highest BCUT2D eigenvalue weighted by Gasteiger charge is 2.14. The topological polar surface area (TPSA) is 0 Å². The van der Waals surface area contributed by atoms with Gasteiger partial charge in [-0.05, 0) is 48.8 Å². The van der Waals surface area contributed by atoms with E-state index in [0.29, 0.717) is 0 Å². The molecule has 0 radical (unpaired) electrons. The first-order chi connectivity index (χ1) is 6.27. The van der Waals surface area contributed by atoms with Crippen molar-refractivity contribution >= 4 is 11.6 Å². The maximum atomic E-state index is 6.16. The summed E-state index contributed by atoms with van der Waals surface area (Å²) in [5.74, 6) is 0.850. The third-order valence-electron chi connectivity index (χ3n) is 3.01. The predicted octanol–water partition coefficient (Wildman–Crippen LogP) is 3.85. The van der Waals surface area contributed by atoms with E-state index in [2.05, 4.69) is 19.1 Å². The molecule has 2 rings (SSSR count). The molecule has 1 aliphatic rings. The number of hydrogen-bond donors (Lipinski definition) is 0. The molecular weight excluding hydrogens is 180 g/mol. The van der Waals surface area contributed by atoms with E-state index in [1.54, 1.807) is 0 Å². The highest BCUT2D eigenvalue weighted by atomic mass is 35.5. The molecule has 0 N–H and O–H groups in total. The summed E-state index contributed by atoms with van der Waals surface area (Å²) in [6.45, 7) is 2.33. The van der Waals surface area contributed by atoms with Crippen molar-refractivity contribution in [2.75, 3.05) is 0 Å². The monoisotopic (exact) mass is 194 g/mol. The van der Waals surface area contributed by atoms with Gasteiger partial charge >= 0.3 is 0 Å². The number of rotatable bonds is 0. The van der Waals surface area contributed by atoms with Crippen molar-refractivity contribution in [3.05, 3.63) is 34.3 Å². The van der Waals surface area contributed by atoms with Gasteiger partial charge in [0, 0.05) is 5.02 Å². The highest BCUT2D eigenvalue weighted by molar-refractivity contribution is 6.31. The Kier molecular flexibility index (Phi) is 2.59. The average molecular weight is 195 g/mol. The van der Waals surface area contributed by atoms with Gasteiger partial charge in [-0.25, -0.2) is 0 Å². The molecule has 70 valence electrons. The van der Waals surface area contributed by atoms with Crippen LogP contribution in [0.3, 0.4) is 0 Å². The Bertz CT molecular complexity index is 304. The van der Waals surface area contributed by atoms with E-state index < -0.39 is 0 Å². The molecule has 1 aromatic carbocycles. The van der Waals surface area contributed by atoms with Crippen molar-refractivity contribution in [3.8, 4) is 0 Å². The standard InChI is InChI=1S/C12H15Cl/c1-9-5-7-10-3-2-4-12(13)11(10)8-6-9/h2-4,9H,5-8H2,1H3. The van der Waals surface area contributed by atoms with Crippen LogP contribution in [0.5, 0.6) is 0 Å². The molecule has 0 saturated heterocycles. The van der Waals surface area contributed by atoms with E-state index in [1.165, 1.54) is 30.4 Å². The molecule has 1 aromatic rings. The number of benzene rings is 1. The SMILES string of the molecule is CC1CCc2cccc(Cl)c2CC1. The van der Waals surface area contributed by atoms with Gasteiger partial charge in [-0.1, -0.05) is 30.7 Å². The quantitative estimate of drug-likeness (QED) is 0.551. The van der Waals surface area contributed by atoms with Crippen LogP contribution in [0, 0.1) is 5.92 Å². The van der Waals surface area contributed by atoms with Gasteiger partial charge in [-0.3, -0.25) is 0 Å². The second-order valence-corrected chi connectivity index (χ2v) is 4.47. The maximum absolute atomic E-state index is 6.16. The van der Waals surface area contributed by atoms with Gasteiger partial charge in [0.2, 0.25) is 0 Å². The summed E-state index contributed by atoms with van der Waals surface area (Å²) in [6.07, 6.45) is 4.97. The van der Waals surface area contributed by atoms with Crippen LogP contribution in [0.15, 0.2) is 18.2 Å². The number of hydrogen-bond acceptors (Lipinski definition) is 0. The Balaban J connectivity index is 2.35. The molecule has 0 aliphatic heterocycles. The summed E-state index contributed by atoms with van der Waals surface area (Å²) in [5.41, 5.74) is 2.87. The molecule has 1 unspecified atom stereocenters. The van der Waals surface area contributed by atoms with Crippen LogP contribution in [-0.4, -0.2) is 0 Å². The Morgan fingerprint density at radius 2 is 2.00 bits per heavy atom. The zero-order valence-corrected chi connectivity index (χ0v) is 8.77. The molecule has 0 aromatic heterocycles. The van der Waals surface area contributed by atoms with Gasteiger partial charge in [0.15, 0.2) is 0 Å². The van der Waals surface area contributed by atoms with Crippen LogP contribution in [0.1, 0.15) is 30.9 Å². The van der Waals surface area contributed by atoms with E-state index >= 15 is 0 Å². The van der Waals surface area contributed by atoms with Gasteiger partial charge in [0.1, 0.15) is 0 Å². The van der Waals surface area contributed by atoms with Gasteiger partial charge in [-0.2, -0.15) is 0 Å². The van der Waals surface area contributed by atoms with Crippen LogP contribution >= 0.6 is 11.6 Å². The largest absolute Gasteiger partial charge is 0.0840 e. The summed E-state index contributed by atoms with van der Waals surface area (Å²) in [7, 11) is 0. The molecule has 0 nitrogen and oxygen atoms in total. The Morgan fingerprint density at radius 1 is 1.23 bits per heavy atom. The predicted molar refractivity (Wildman–Crippen MR) is 57.3 cm³/mol. The lowest BCUT2D eigenvalue weighted by Gasteiger charge is -2.06. The molecule has 1 aliphatic carbocycles. The molecule has 0 saturated carbocycles. The number of aryl methyl sites for hydroxylation is 1. The maximum Gasteiger partial charge on any atom is 0.0440 e. The minimum atomic E-state index is 0.850. The van der Waals surface area contributed by atoms with E-state index in [4.69, 9.17) is 11.6 Å². The van der Waals surface area contributed by atoms with Gasteiger partial charge in [0.05, 0.1) is 0 Å². The zero-order chi connectivity index (χ0) is 9.26. The van der Waals surface area contributed by atoms with Crippen LogP contribution < -0.4 is 0 Å². The molecule has 0 bridgehead atoms. The van der Waals surface area contributed by atoms with Crippen molar-refractivity contribution in [2.24, 2.45) is 5.92 Å². The molecule has 0 fully saturated rings. The van der Waals surface area contributed by atoms with Crippen molar-refractivity contribution in [1.29, 1.82) is 0 Å². The van der Waals surface area contributed by atoms with Crippen LogP contribution in [0.4, 0.5) is 0 Å². The Hall–Kier alpha value is -0.490. The first kappa shape index (κ1) is 9.08. The van der Waals surface area contributed by atoms with Gasteiger partial charge in [0.25, 0.3) is 0 Å². The van der Waals surface area contributed by atoms with E-state index in [-0.39, 0.29) is 0 Å². The Morgan fingerprint density at radius 3 is 2.85 bits per heavy atom. The summed E-state index contributed by atoms with van der Waals surface area (Å²) in [5, 5.41) is 0.964. The molecule has 1 heteroatoms. The second kappa shape index (κ2) is 3.71. The van der Waals surface area contributed by atoms with Crippen molar-refractivity contribution in [3.63, 3.8) is 0 Å². The van der Waals surface area contributed by atoms with Gasteiger partial charge in [-0.15, -0.1) is 0 Å². The Labute approximate surface area is 84.9 Å². The van der Waals surface area contributed by atoms with Crippen LogP contribution in [0.2, 0.25) is 5.02 Å². The van der Waals surface area contributed by atoms with Crippen molar-refractivity contribution < 1.29 is 0 Å². The first-order valence-electron chi connectivity index (χ1n) is 5.03. The fourth-order valence-corrected chi connectivity index (χ4v) is 2.34. The summed E-state index contributed by atoms with van der Waals surface area (Å²) < 4.78 is 0. The zero-order valence-electron chi connectivity index (χ0n) is 8.02. The molecule has 0 heterocycles. The van der Waals surface area contributed by atoms with Crippen molar-refractivity contribution in [2.45, 2.75) is 32.6 Å². The van der Waals surface area contributed by atoms with Crippen molar-refractivity contribution in [1.82, 2.24) is 0 Å². The minimum absolute atomic E-state index is 0.850.